The lowest BCUT2D eigenvalue weighted by molar-refractivity contribution is -0.710. The van der Waals surface area contributed by atoms with Crippen molar-refractivity contribution in [3.8, 4) is 11.4 Å². The molecule has 2 aromatic carbocycles. The normalized spacial score (nSPS) is 11.4. The van der Waals surface area contributed by atoms with Crippen molar-refractivity contribution < 1.29 is 14.5 Å². The number of fused-ring (bicyclic) bond motifs is 2. The lowest BCUT2D eigenvalue weighted by atomic mass is 10.1. The predicted molar refractivity (Wildman–Crippen MR) is 64.7 cm³/mol. The van der Waals surface area contributed by atoms with Gasteiger partial charge in [-0.05, 0) is 27.8 Å². The average Bonchev–Trinajstić information content (AvgIpc) is 2.99. The summed E-state index contributed by atoms with van der Waals surface area (Å²) in [5.41, 5.74) is 1.33. The Hall–Kier alpha value is -2.96. The second kappa shape index (κ2) is 3.52. The number of aromatic nitrogens is 5. The summed E-state index contributed by atoms with van der Waals surface area (Å²) in [6.45, 7) is 0. The molecule has 2 N–H and O–H groups in total. The lowest BCUT2D eigenvalue weighted by Crippen LogP contribution is -2.36. The minimum Gasteiger partial charge on any atom is -0.502 e. The van der Waals surface area contributed by atoms with Crippen molar-refractivity contribution >= 4 is 22.1 Å². The van der Waals surface area contributed by atoms with E-state index in [4.69, 9.17) is 0 Å². The van der Waals surface area contributed by atoms with Crippen LogP contribution in [0.5, 0.6) is 5.75 Å². The third-order valence-corrected chi connectivity index (χ3v) is 2.97. The quantitative estimate of drug-likeness (QED) is 0.496. The standard InChI is InChI=1S/C12H7N5O2/c18-9-6-5-7-3-1-2-4-8(7)10(9)17-13-11-12(14-17)16-19-15-11/h1-6H,(H-,13,14,15,16,18)/p+1. The van der Waals surface area contributed by atoms with E-state index in [1.165, 1.54) is 4.80 Å². The van der Waals surface area contributed by atoms with Crippen molar-refractivity contribution in [3.63, 3.8) is 0 Å². The number of phenols is 1. The number of H-pyrrole nitrogens is 1. The van der Waals surface area contributed by atoms with E-state index < -0.39 is 0 Å². The Balaban J connectivity index is 2.09. The number of aromatic amines is 1. The number of hydrogen-bond donors (Lipinski definition) is 2. The second-order valence-electron chi connectivity index (χ2n) is 4.11. The fourth-order valence-electron chi connectivity index (χ4n) is 2.11. The molecule has 0 saturated heterocycles. The van der Waals surface area contributed by atoms with Gasteiger partial charge in [0.1, 0.15) is 0 Å². The maximum absolute atomic E-state index is 10.1. The molecule has 2 aromatic heterocycles. The van der Waals surface area contributed by atoms with Crippen LogP contribution in [0.4, 0.5) is 0 Å². The van der Waals surface area contributed by atoms with Gasteiger partial charge in [-0.15, -0.1) is 5.10 Å². The van der Waals surface area contributed by atoms with Crippen molar-refractivity contribution in [1.82, 2.24) is 20.5 Å². The van der Waals surface area contributed by atoms with Crippen LogP contribution < -0.4 is 4.80 Å². The fraction of sp³-hybridized carbons (Fsp3) is 0. The van der Waals surface area contributed by atoms with Gasteiger partial charge in [-0.3, -0.25) is 0 Å². The van der Waals surface area contributed by atoms with Crippen LogP contribution in [0, 0.1) is 0 Å². The lowest BCUT2D eigenvalue weighted by Gasteiger charge is -1.99. The van der Waals surface area contributed by atoms with E-state index in [0.29, 0.717) is 17.0 Å². The highest BCUT2D eigenvalue weighted by atomic mass is 16.6. The Morgan fingerprint density at radius 3 is 2.89 bits per heavy atom. The second-order valence-corrected chi connectivity index (χ2v) is 4.11. The monoisotopic (exact) mass is 254 g/mol. The summed E-state index contributed by atoms with van der Waals surface area (Å²) in [7, 11) is 0. The summed E-state index contributed by atoms with van der Waals surface area (Å²) in [6.07, 6.45) is 0. The Labute approximate surface area is 106 Å². The van der Waals surface area contributed by atoms with E-state index in [2.05, 4.69) is 25.1 Å². The molecule has 7 nitrogen and oxygen atoms in total. The van der Waals surface area contributed by atoms with Crippen LogP contribution in [0.2, 0.25) is 0 Å². The summed E-state index contributed by atoms with van der Waals surface area (Å²) < 4.78 is 4.54. The van der Waals surface area contributed by atoms with Crippen LogP contribution in [-0.2, 0) is 0 Å². The molecule has 4 aromatic rings. The molecule has 0 bridgehead atoms. The SMILES string of the molecule is Oc1ccc2ccccc2c1-[n+]1nc2nonc2[nH]1. The number of nitrogens with zero attached hydrogens (tertiary/aromatic N) is 4. The zero-order chi connectivity index (χ0) is 12.8. The van der Waals surface area contributed by atoms with E-state index in [1.54, 1.807) is 6.07 Å². The van der Waals surface area contributed by atoms with Crippen LogP contribution in [-0.4, -0.2) is 25.6 Å². The van der Waals surface area contributed by atoms with Gasteiger partial charge in [0, 0.05) is 4.80 Å². The van der Waals surface area contributed by atoms with Gasteiger partial charge in [0.25, 0.3) is 5.65 Å². The topological polar surface area (TPSA) is 91.7 Å². The van der Waals surface area contributed by atoms with Crippen LogP contribution >= 0.6 is 0 Å². The maximum atomic E-state index is 10.1. The molecule has 0 unspecified atom stereocenters. The van der Waals surface area contributed by atoms with Crippen LogP contribution in [0.25, 0.3) is 27.8 Å². The summed E-state index contributed by atoms with van der Waals surface area (Å²) >= 11 is 0. The molecule has 0 radical (unpaired) electrons. The van der Waals surface area contributed by atoms with Crippen LogP contribution in [0.1, 0.15) is 0 Å². The number of phenolic OH excluding ortho intramolecular Hbond substituents is 1. The summed E-state index contributed by atoms with van der Waals surface area (Å²) in [5, 5.41) is 26.4. The molecule has 7 heteroatoms. The third kappa shape index (κ3) is 1.38. The summed E-state index contributed by atoms with van der Waals surface area (Å²) in [5.74, 6) is 0.122. The van der Waals surface area contributed by atoms with Gasteiger partial charge in [0.15, 0.2) is 5.75 Å². The molecule has 19 heavy (non-hydrogen) atoms. The highest BCUT2D eigenvalue weighted by Crippen LogP contribution is 2.26. The van der Waals surface area contributed by atoms with E-state index in [9.17, 15) is 5.11 Å². The predicted octanol–water partition coefficient (Wildman–Crippen LogP) is 1.08. The molecule has 0 saturated carbocycles. The van der Waals surface area contributed by atoms with Crippen molar-refractivity contribution in [2.75, 3.05) is 0 Å². The summed E-state index contributed by atoms with van der Waals surface area (Å²) in [6, 6.07) is 11.2. The van der Waals surface area contributed by atoms with Crippen molar-refractivity contribution in [2.45, 2.75) is 0 Å². The van der Waals surface area contributed by atoms with Crippen LogP contribution in [0.3, 0.4) is 0 Å². The molecule has 0 fully saturated rings. The average molecular weight is 254 g/mol. The molecule has 0 amide bonds. The number of aromatic hydroxyl groups is 1. The van der Waals surface area contributed by atoms with Crippen molar-refractivity contribution in [2.24, 2.45) is 0 Å². The van der Waals surface area contributed by atoms with Gasteiger partial charge in [-0.25, -0.2) is 4.63 Å². The van der Waals surface area contributed by atoms with Gasteiger partial charge >= 0.3 is 11.3 Å². The fourth-order valence-corrected chi connectivity index (χ4v) is 2.11. The highest BCUT2D eigenvalue weighted by Gasteiger charge is 2.23. The first-order chi connectivity index (χ1) is 9.33. The molecule has 0 atom stereocenters. The van der Waals surface area contributed by atoms with Gasteiger partial charge in [-0.2, -0.15) is 0 Å². The molecule has 4 rings (SSSR count). The van der Waals surface area contributed by atoms with Gasteiger partial charge in [0.05, 0.1) is 10.5 Å². The van der Waals surface area contributed by atoms with Gasteiger partial charge < -0.3 is 5.11 Å². The smallest absolute Gasteiger partial charge is 0.315 e. The summed E-state index contributed by atoms with van der Waals surface area (Å²) in [4.78, 5) is 1.44. The highest BCUT2D eigenvalue weighted by molar-refractivity contribution is 5.90. The van der Waals surface area contributed by atoms with E-state index >= 15 is 0 Å². The minimum absolute atomic E-state index is 0.122. The Kier molecular flexibility index (Phi) is 1.85. The largest absolute Gasteiger partial charge is 0.502 e. The Morgan fingerprint density at radius 2 is 2.00 bits per heavy atom. The van der Waals surface area contributed by atoms with Gasteiger partial charge in [-0.1, -0.05) is 24.3 Å². The molecular weight excluding hydrogens is 246 g/mol. The molecule has 0 spiro atoms. The number of hydrogen-bond acceptors (Lipinski definition) is 5. The van der Waals surface area contributed by atoms with Crippen LogP contribution in [0.15, 0.2) is 41.0 Å². The first-order valence-electron chi connectivity index (χ1n) is 5.64. The van der Waals surface area contributed by atoms with E-state index in [1.807, 2.05) is 30.3 Å². The zero-order valence-corrected chi connectivity index (χ0v) is 9.61. The van der Waals surface area contributed by atoms with Gasteiger partial charge in [0.2, 0.25) is 0 Å². The molecule has 0 aliphatic heterocycles. The zero-order valence-electron chi connectivity index (χ0n) is 9.61. The first kappa shape index (κ1) is 10.0. The van der Waals surface area contributed by atoms with E-state index in [-0.39, 0.29) is 5.75 Å². The molecular formula is C12H8N5O2+. The Morgan fingerprint density at radius 1 is 1.11 bits per heavy atom. The molecule has 92 valence electrons. The molecule has 0 aliphatic rings. The number of benzene rings is 2. The maximum Gasteiger partial charge on any atom is 0.315 e. The Bertz CT molecular complexity index is 867. The minimum atomic E-state index is 0.122. The number of nitrogens with one attached hydrogen (secondary N) is 1. The number of rotatable bonds is 1. The first-order valence-corrected chi connectivity index (χ1v) is 5.64. The third-order valence-electron chi connectivity index (χ3n) is 2.97. The molecule has 2 heterocycles. The van der Waals surface area contributed by atoms with Crippen molar-refractivity contribution in [3.05, 3.63) is 36.4 Å². The van der Waals surface area contributed by atoms with E-state index in [0.717, 1.165) is 10.8 Å². The van der Waals surface area contributed by atoms with Crippen molar-refractivity contribution in [1.29, 1.82) is 0 Å². The molecule has 0 aliphatic carbocycles.